The Hall–Kier alpha value is -0.490. The van der Waals surface area contributed by atoms with E-state index >= 15 is 0 Å². The van der Waals surface area contributed by atoms with Crippen molar-refractivity contribution in [1.29, 1.82) is 0 Å². The minimum absolute atomic E-state index is 0.00275. The first kappa shape index (κ1) is 16.9. The monoisotopic (exact) mass is 350 g/mol. The van der Waals surface area contributed by atoms with Crippen LogP contribution in [0.25, 0.3) is 0 Å². The number of anilines is 1. The highest BCUT2D eigenvalue weighted by atomic mass is 35.5. The Labute approximate surface area is 136 Å². The van der Waals surface area contributed by atoms with Crippen LogP contribution < -0.4 is 5.73 Å². The van der Waals surface area contributed by atoms with Gasteiger partial charge in [-0.05, 0) is 25.0 Å². The van der Waals surface area contributed by atoms with E-state index in [0.29, 0.717) is 0 Å². The lowest BCUT2D eigenvalue weighted by Crippen LogP contribution is -2.36. The van der Waals surface area contributed by atoms with E-state index in [-0.39, 0.29) is 26.7 Å². The van der Waals surface area contributed by atoms with Crippen LogP contribution in [0.4, 0.5) is 5.69 Å². The van der Waals surface area contributed by atoms with Gasteiger partial charge in [0.15, 0.2) is 0 Å². The molecule has 0 spiro atoms. The SMILES string of the molecule is CN(C1CCCCCC1)S(=O)(=O)c1ccc(Cl)c(N)c1Cl. The summed E-state index contributed by atoms with van der Waals surface area (Å²) in [6.07, 6.45) is 6.22. The van der Waals surface area contributed by atoms with Crippen molar-refractivity contribution in [2.45, 2.75) is 49.5 Å². The van der Waals surface area contributed by atoms with Gasteiger partial charge in [0, 0.05) is 13.1 Å². The van der Waals surface area contributed by atoms with Crippen molar-refractivity contribution in [2.24, 2.45) is 0 Å². The Balaban J connectivity index is 2.35. The molecule has 0 atom stereocenters. The van der Waals surface area contributed by atoms with Gasteiger partial charge in [-0.1, -0.05) is 48.9 Å². The van der Waals surface area contributed by atoms with Crippen molar-refractivity contribution in [1.82, 2.24) is 4.31 Å². The van der Waals surface area contributed by atoms with Crippen LogP contribution in [0.1, 0.15) is 38.5 Å². The van der Waals surface area contributed by atoms with Gasteiger partial charge in [-0.25, -0.2) is 8.42 Å². The molecule has 0 radical (unpaired) electrons. The maximum absolute atomic E-state index is 12.8. The first-order valence-electron chi connectivity index (χ1n) is 7.07. The van der Waals surface area contributed by atoms with Crippen LogP contribution in [0, 0.1) is 0 Å². The average molecular weight is 351 g/mol. The summed E-state index contributed by atoms with van der Waals surface area (Å²) in [6, 6.07) is 2.91. The maximum Gasteiger partial charge on any atom is 0.244 e. The second-order valence-corrected chi connectivity index (χ2v) is 8.19. The fourth-order valence-corrected chi connectivity index (χ4v) is 4.87. The van der Waals surface area contributed by atoms with E-state index in [4.69, 9.17) is 28.9 Å². The predicted molar refractivity (Wildman–Crippen MR) is 87.3 cm³/mol. The van der Waals surface area contributed by atoms with E-state index in [1.54, 1.807) is 7.05 Å². The normalized spacial score (nSPS) is 17.9. The number of halogens is 2. The number of nitrogens with zero attached hydrogens (tertiary/aromatic N) is 1. The van der Waals surface area contributed by atoms with E-state index in [2.05, 4.69) is 0 Å². The highest BCUT2D eigenvalue weighted by molar-refractivity contribution is 7.89. The Morgan fingerprint density at radius 3 is 2.29 bits per heavy atom. The van der Waals surface area contributed by atoms with Gasteiger partial charge >= 0.3 is 0 Å². The molecule has 0 bridgehead atoms. The smallest absolute Gasteiger partial charge is 0.244 e. The Morgan fingerprint density at radius 1 is 1.14 bits per heavy atom. The third-order valence-corrected chi connectivity index (χ3v) is 6.89. The first-order valence-corrected chi connectivity index (χ1v) is 9.27. The third-order valence-electron chi connectivity index (χ3n) is 4.09. The van der Waals surface area contributed by atoms with Crippen LogP contribution in [0.15, 0.2) is 17.0 Å². The molecule has 1 fully saturated rings. The Kier molecular flexibility index (Phi) is 5.41. The molecular formula is C14H20Cl2N2O2S. The second-order valence-electron chi connectivity index (χ2n) is 5.44. The molecule has 0 unspecified atom stereocenters. The standard InChI is InChI=1S/C14H20Cl2N2O2S/c1-18(10-6-4-2-3-5-7-10)21(19,20)12-9-8-11(15)14(17)13(12)16/h8-10H,2-7,17H2,1H3. The first-order chi connectivity index (χ1) is 9.85. The molecule has 2 N–H and O–H groups in total. The zero-order valence-electron chi connectivity index (χ0n) is 12.0. The van der Waals surface area contributed by atoms with Gasteiger partial charge in [-0.2, -0.15) is 4.31 Å². The van der Waals surface area contributed by atoms with Crippen LogP contribution >= 0.6 is 23.2 Å². The lowest BCUT2D eigenvalue weighted by atomic mass is 10.1. The molecule has 1 aromatic rings. The molecule has 4 nitrogen and oxygen atoms in total. The van der Waals surface area contributed by atoms with Crippen molar-refractivity contribution in [3.8, 4) is 0 Å². The maximum atomic E-state index is 12.8. The van der Waals surface area contributed by atoms with Gasteiger partial charge in [0.05, 0.1) is 15.7 Å². The van der Waals surface area contributed by atoms with Gasteiger partial charge in [-0.3, -0.25) is 0 Å². The van der Waals surface area contributed by atoms with Crippen molar-refractivity contribution in [2.75, 3.05) is 12.8 Å². The molecule has 1 aromatic carbocycles. The fourth-order valence-electron chi connectivity index (χ4n) is 2.72. The molecule has 0 amide bonds. The molecule has 0 saturated heterocycles. The van der Waals surface area contributed by atoms with Gasteiger partial charge in [0.25, 0.3) is 0 Å². The highest BCUT2D eigenvalue weighted by Crippen LogP contribution is 2.35. The molecule has 0 aromatic heterocycles. The zero-order chi connectivity index (χ0) is 15.6. The van der Waals surface area contributed by atoms with E-state index < -0.39 is 10.0 Å². The number of hydrogen-bond donors (Lipinski definition) is 1. The van der Waals surface area contributed by atoms with Crippen LogP contribution in [0.2, 0.25) is 10.0 Å². The van der Waals surface area contributed by atoms with E-state index in [1.165, 1.54) is 29.3 Å². The molecule has 7 heteroatoms. The summed E-state index contributed by atoms with van der Waals surface area (Å²) in [7, 11) is -2.04. The number of hydrogen-bond acceptors (Lipinski definition) is 3. The predicted octanol–water partition coefficient (Wildman–Crippen LogP) is 3.92. The topological polar surface area (TPSA) is 63.4 Å². The van der Waals surface area contributed by atoms with Crippen molar-refractivity contribution in [3.05, 3.63) is 22.2 Å². The average Bonchev–Trinajstić information content (AvgIpc) is 2.72. The summed E-state index contributed by atoms with van der Waals surface area (Å²) in [5.74, 6) is 0. The summed E-state index contributed by atoms with van der Waals surface area (Å²) in [5, 5.41) is 0.263. The zero-order valence-corrected chi connectivity index (χ0v) is 14.3. The largest absolute Gasteiger partial charge is 0.396 e. The molecule has 1 aliphatic rings. The van der Waals surface area contributed by atoms with Crippen LogP contribution in [0.3, 0.4) is 0 Å². The Bertz CT molecular complexity index is 612. The summed E-state index contributed by atoms with van der Waals surface area (Å²) in [5.41, 5.74) is 5.84. The van der Waals surface area contributed by atoms with Crippen molar-refractivity contribution >= 4 is 38.9 Å². The molecule has 21 heavy (non-hydrogen) atoms. The van der Waals surface area contributed by atoms with Crippen LogP contribution in [-0.2, 0) is 10.0 Å². The van der Waals surface area contributed by atoms with Gasteiger partial charge < -0.3 is 5.73 Å². The fraction of sp³-hybridized carbons (Fsp3) is 0.571. The van der Waals surface area contributed by atoms with Crippen LogP contribution in [-0.4, -0.2) is 25.8 Å². The lowest BCUT2D eigenvalue weighted by Gasteiger charge is -2.27. The Morgan fingerprint density at radius 2 is 1.71 bits per heavy atom. The molecule has 0 aliphatic heterocycles. The molecule has 1 saturated carbocycles. The summed E-state index contributed by atoms with van der Waals surface area (Å²) in [6.45, 7) is 0. The van der Waals surface area contributed by atoms with E-state index in [0.717, 1.165) is 25.7 Å². The number of rotatable bonds is 3. The van der Waals surface area contributed by atoms with Gasteiger partial charge in [0.1, 0.15) is 4.90 Å². The van der Waals surface area contributed by atoms with Crippen LogP contribution in [0.5, 0.6) is 0 Å². The van der Waals surface area contributed by atoms with Gasteiger partial charge in [0.2, 0.25) is 10.0 Å². The summed E-state index contributed by atoms with van der Waals surface area (Å²) < 4.78 is 27.0. The van der Waals surface area contributed by atoms with E-state index in [1.807, 2.05) is 0 Å². The van der Waals surface area contributed by atoms with Crippen molar-refractivity contribution in [3.63, 3.8) is 0 Å². The number of benzene rings is 1. The molecular weight excluding hydrogens is 331 g/mol. The molecule has 0 heterocycles. The molecule has 118 valence electrons. The van der Waals surface area contributed by atoms with E-state index in [9.17, 15) is 8.42 Å². The van der Waals surface area contributed by atoms with Crippen molar-refractivity contribution < 1.29 is 8.42 Å². The number of nitrogens with two attached hydrogens (primary N) is 1. The second kappa shape index (κ2) is 6.73. The highest BCUT2D eigenvalue weighted by Gasteiger charge is 2.30. The quantitative estimate of drug-likeness (QED) is 0.663. The van der Waals surface area contributed by atoms with Gasteiger partial charge in [-0.15, -0.1) is 0 Å². The molecule has 1 aliphatic carbocycles. The minimum Gasteiger partial charge on any atom is -0.396 e. The third kappa shape index (κ3) is 3.47. The number of nitrogen functional groups attached to an aromatic ring is 1. The summed E-state index contributed by atoms with van der Waals surface area (Å²) >= 11 is 12.0. The minimum atomic E-state index is -3.66. The molecule has 2 rings (SSSR count). The number of sulfonamides is 1. The summed E-state index contributed by atoms with van der Waals surface area (Å²) in [4.78, 5) is 0.0258. The lowest BCUT2D eigenvalue weighted by molar-refractivity contribution is 0.336.